The van der Waals surface area contributed by atoms with E-state index in [9.17, 15) is 0 Å². The predicted octanol–water partition coefficient (Wildman–Crippen LogP) is 7.97. The highest BCUT2D eigenvalue weighted by Gasteiger charge is 2.19. The van der Waals surface area contributed by atoms with Crippen LogP contribution in [0, 0.1) is 0 Å². The lowest BCUT2D eigenvalue weighted by Crippen LogP contribution is -2.00. The van der Waals surface area contributed by atoms with Crippen LogP contribution >= 0.6 is 11.6 Å². The van der Waals surface area contributed by atoms with E-state index in [1.165, 1.54) is 0 Å². The molecule has 5 nitrogen and oxygen atoms in total. The Balaban J connectivity index is 1.53. The van der Waals surface area contributed by atoms with Gasteiger partial charge in [0, 0.05) is 44.7 Å². The number of rotatable bonds is 3. The quantitative estimate of drug-likeness (QED) is 0.254. The van der Waals surface area contributed by atoms with Gasteiger partial charge in [-0.05, 0) is 35.0 Å². The fraction of sp³-hybridized carbons (Fsp3) is 0. The summed E-state index contributed by atoms with van der Waals surface area (Å²) in [5.41, 5.74) is 3.76. The van der Waals surface area contributed by atoms with Crippen molar-refractivity contribution in [2.75, 3.05) is 0 Å². The second-order valence-corrected chi connectivity index (χ2v) is 8.96. The highest BCUT2D eigenvalue weighted by molar-refractivity contribution is 6.32. The molecule has 7 rings (SSSR count). The third-order valence-electron chi connectivity index (χ3n) is 6.23. The van der Waals surface area contributed by atoms with Crippen molar-refractivity contribution < 1.29 is 4.42 Å². The molecule has 170 valence electrons. The molecule has 0 radical (unpaired) electrons. The second-order valence-electron chi connectivity index (χ2n) is 8.52. The van der Waals surface area contributed by atoms with Crippen molar-refractivity contribution in [2.45, 2.75) is 0 Å². The number of fused-ring (bicyclic) bond motifs is 4. The van der Waals surface area contributed by atoms with Gasteiger partial charge in [0.1, 0.15) is 5.58 Å². The van der Waals surface area contributed by atoms with Crippen LogP contribution in [0.25, 0.3) is 67.0 Å². The van der Waals surface area contributed by atoms with Gasteiger partial charge in [-0.3, -0.25) is 0 Å². The SMILES string of the molecule is Clc1cc(-c2nc(-c3ccccc3)nc(-c3ccc4ccccc4c3)n2)c2c(c1)oc1ncccc12. The highest BCUT2D eigenvalue weighted by Crippen LogP contribution is 2.38. The van der Waals surface area contributed by atoms with Gasteiger partial charge in [-0.25, -0.2) is 19.9 Å². The molecule has 0 amide bonds. The summed E-state index contributed by atoms with van der Waals surface area (Å²) in [5.74, 6) is 1.69. The zero-order valence-corrected chi connectivity index (χ0v) is 19.6. The topological polar surface area (TPSA) is 64.7 Å². The van der Waals surface area contributed by atoms with Gasteiger partial charge in [0.2, 0.25) is 5.71 Å². The third-order valence-corrected chi connectivity index (χ3v) is 6.45. The Morgan fingerprint density at radius 3 is 2.22 bits per heavy atom. The third kappa shape index (κ3) is 3.49. The average Bonchev–Trinajstić information content (AvgIpc) is 3.30. The second kappa shape index (κ2) is 8.26. The number of aromatic nitrogens is 4. The van der Waals surface area contributed by atoms with Crippen molar-refractivity contribution in [3.63, 3.8) is 0 Å². The molecule has 0 saturated carbocycles. The molecule has 0 fully saturated rings. The molecular formula is C30H17ClN4O. The molecule has 3 heterocycles. The van der Waals surface area contributed by atoms with E-state index >= 15 is 0 Å². The fourth-order valence-corrected chi connectivity index (χ4v) is 4.76. The molecule has 0 bridgehead atoms. The minimum absolute atomic E-state index is 0.520. The van der Waals surface area contributed by atoms with Crippen molar-refractivity contribution in [2.24, 2.45) is 0 Å². The van der Waals surface area contributed by atoms with E-state index in [1.807, 2.05) is 66.7 Å². The Labute approximate surface area is 211 Å². The molecule has 4 aromatic carbocycles. The van der Waals surface area contributed by atoms with Crippen molar-refractivity contribution in [1.82, 2.24) is 19.9 Å². The smallest absolute Gasteiger partial charge is 0.227 e. The average molecular weight is 485 g/mol. The summed E-state index contributed by atoms with van der Waals surface area (Å²) < 4.78 is 6.01. The molecule has 0 spiro atoms. The van der Waals surface area contributed by atoms with E-state index in [1.54, 1.807) is 12.3 Å². The molecule has 0 aliphatic carbocycles. The molecule has 0 unspecified atom stereocenters. The molecule has 3 aromatic heterocycles. The normalized spacial score (nSPS) is 11.5. The number of nitrogens with zero attached hydrogens (tertiary/aromatic N) is 4. The number of pyridine rings is 1. The van der Waals surface area contributed by atoms with Crippen LogP contribution in [0.2, 0.25) is 5.02 Å². The number of furan rings is 1. The van der Waals surface area contributed by atoms with Gasteiger partial charge in [-0.1, -0.05) is 78.3 Å². The van der Waals surface area contributed by atoms with Crippen LogP contribution in [0.4, 0.5) is 0 Å². The first-order chi connectivity index (χ1) is 17.7. The first-order valence-electron chi connectivity index (χ1n) is 11.5. The Morgan fingerprint density at radius 2 is 1.36 bits per heavy atom. The van der Waals surface area contributed by atoms with Crippen LogP contribution in [-0.2, 0) is 0 Å². The van der Waals surface area contributed by atoms with Gasteiger partial charge in [0.25, 0.3) is 0 Å². The summed E-state index contributed by atoms with van der Waals surface area (Å²) in [6.45, 7) is 0. The van der Waals surface area contributed by atoms with E-state index in [4.69, 9.17) is 31.0 Å². The van der Waals surface area contributed by atoms with Crippen molar-refractivity contribution in [3.8, 4) is 34.2 Å². The van der Waals surface area contributed by atoms with Gasteiger partial charge >= 0.3 is 0 Å². The molecule has 0 aliphatic rings. The Morgan fingerprint density at radius 1 is 0.611 bits per heavy atom. The highest BCUT2D eigenvalue weighted by atomic mass is 35.5. The maximum absolute atomic E-state index is 6.53. The molecular weight excluding hydrogens is 468 g/mol. The Hall–Kier alpha value is -4.61. The summed E-state index contributed by atoms with van der Waals surface area (Å²) in [6, 6.07) is 31.9. The Bertz CT molecular complexity index is 1910. The minimum Gasteiger partial charge on any atom is -0.438 e. The number of hydrogen-bond acceptors (Lipinski definition) is 5. The number of benzene rings is 4. The van der Waals surface area contributed by atoms with Gasteiger partial charge in [-0.2, -0.15) is 0 Å². The zero-order chi connectivity index (χ0) is 24.1. The molecule has 0 atom stereocenters. The van der Waals surface area contributed by atoms with Gasteiger partial charge in [-0.15, -0.1) is 0 Å². The monoisotopic (exact) mass is 484 g/mol. The summed E-state index contributed by atoms with van der Waals surface area (Å²) in [7, 11) is 0. The predicted molar refractivity (Wildman–Crippen MR) is 144 cm³/mol. The molecule has 7 aromatic rings. The maximum Gasteiger partial charge on any atom is 0.227 e. The lowest BCUT2D eigenvalue weighted by Gasteiger charge is -2.10. The first kappa shape index (κ1) is 20.7. The van der Waals surface area contributed by atoms with Gasteiger partial charge < -0.3 is 4.42 Å². The molecule has 0 aliphatic heterocycles. The largest absolute Gasteiger partial charge is 0.438 e. The summed E-state index contributed by atoms with van der Waals surface area (Å²) >= 11 is 6.53. The number of hydrogen-bond donors (Lipinski definition) is 0. The lowest BCUT2D eigenvalue weighted by molar-refractivity contribution is 0.654. The van der Waals surface area contributed by atoms with Crippen molar-refractivity contribution >= 4 is 44.4 Å². The Kier molecular flexibility index (Phi) is 4.76. The van der Waals surface area contributed by atoms with Crippen LogP contribution in [-0.4, -0.2) is 19.9 Å². The van der Waals surface area contributed by atoms with Crippen LogP contribution in [0.5, 0.6) is 0 Å². The molecule has 0 N–H and O–H groups in total. The molecule has 0 saturated heterocycles. The van der Waals surface area contributed by atoms with Crippen LogP contribution in [0.15, 0.2) is 108 Å². The van der Waals surface area contributed by atoms with Crippen molar-refractivity contribution in [1.29, 1.82) is 0 Å². The molecule has 36 heavy (non-hydrogen) atoms. The lowest BCUT2D eigenvalue weighted by atomic mass is 10.1. The van der Waals surface area contributed by atoms with E-state index in [2.05, 4.69) is 29.2 Å². The van der Waals surface area contributed by atoms with Crippen LogP contribution in [0.1, 0.15) is 0 Å². The van der Waals surface area contributed by atoms with E-state index < -0.39 is 0 Å². The van der Waals surface area contributed by atoms with Gasteiger partial charge in [0.05, 0.1) is 0 Å². The van der Waals surface area contributed by atoms with Crippen LogP contribution < -0.4 is 0 Å². The minimum atomic E-state index is 0.520. The standard InChI is InChI=1S/C30H17ClN4O/c31-22-16-24(26-23-11-6-14-32-30(23)36-25(26)17-22)29-34-27(19-8-2-1-3-9-19)33-28(35-29)21-13-12-18-7-4-5-10-20(18)15-21/h1-17H. The summed E-state index contributed by atoms with van der Waals surface area (Å²) in [6.07, 6.45) is 1.71. The molecule has 6 heteroatoms. The maximum atomic E-state index is 6.53. The fourth-order valence-electron chi connectivity index (χ4n) is 4.55. The first-order valence-corrected chi connectivity index (χ1v) is 11.9. The van der Waals surface area contributed by atoms with E-state index in [-0.39, 0.29) is 0 Å². The summed E-state index contributed by atoms with van der Waals surface area (Å²) in [5, 5.41) is 4.57. The van der Waals surface area contributed by atoms with Gasteiger partial charge in [0.15, 0.2) is 17.5 Å². The zero-order valence-electron chi connectivity index (χ0n) is 18.9. The van der Waals surface area contributed by atoms with Crippen LogP contribution in [0.3, 0.4) is 0 Å². The van der Waals surface area contributed by atoms with E-state index in [0.717, 1.165) is 38.2 Å². The number of halogens is 1. The van der Waals surface area contributed by atoms with E-state index in [0.29, 0.717) is 33.8 Å². The summed E-state index contributed by atoms with van der Waals surface area (Å²) in [4.78, 5) is 19.1. The van der Waals surface area contributed by atoms with Crippen molar-refractivity contribution in [3.05, 3.63) is 108 Å².